The number of carboxylic acids is 1. The lowest BCUT2D eigenvalue weighted by atomic mass is 9.92. The lowest BCUT2D eigenvalue weighted by Gasteiger charge is -2.22. The molecule has 0 heterocycles. The number of aliphatic carboxylic acids is 1. The number of nitrogens with two attached hydrogens (primary N) is 1. The van der Waals surface area contributed by atoms with Crippen molar-refractivity contribution in [2.45, 2.75) is 5.54 Å². The topological polar surface area (TPSA) is 83.5 Å². The van der Waals surface area contributed by atoms with Crippen LogP contribution in [0.1, 0.15) is 5.56 Å². The minimum atomic E-state index is -1.69. The maximum Gasteiger partial charge on any atom is 0.330 e. The Hall–Kier alpha value is -1.10. The van der Waals surface area contributed by atoms with Crippen molar-refractivity contribution < 1.29 is 15.0 Å². The summed E-state index contributed by atoms with van der Waals surface area (Å²) in [6, 6.07) is 8.25. The van der Waals surface area contributed by atoms with Crippen LogP contribution in [-0.2, 0) is 10.3 Å². The predicted octanol–water partition coefficient (Wildman–Crippen LogP) is 0.339. The second-order valence-electron chi connectivity index (χ2n) is 2.80. The Morgan fingerprint density at radius 3 is 2.21 bits per heavy atom. The molecule has 4 nitrogen and oxygen atoms in total. The Bertz CT molecular complexity index is 304. The fourth-order valence-corrected chi connectivity index (χ4v) is 1.02. The average Bonchev–Trinajstić information content (AvgIpc) is 2.17. The Kier molecular flexibility index (Phi) is 4.56. The highest BCUT2D eigenvalue weighted by Gasteiger charge is 2.34. The molecule has 0 saturated heterocycles. The highest BCUT2D eigenvalue weighted by molar-refractivity contribution is 5.85. The SMILES string of the molecule is Cl.NC(CO)(C(=O)O)c1ccccc1. The van der Waals surface area contributed by atoms with Gasteiger partial charge in [-0.15, -0.1) is 12.4 Å². The van der Waals surface area contributed by atoms with Crippen molar-refractivity contribution in [2.24, 2.45) is 5.73 Å². The van der Waals surface area contributed by atoms with Gasteiger partial charge >= 0.3 is 5.97 Å². The van der Waals surface area contributed by atoms with Crippen molar-refractivity contribution in [1.29, 1.82) is 0 Å². The number of hydrogen-bond acceptors (Lipinski definition) is 3. The fraction of sp³-hybridized carbons (Fsp3) is 0.222. The van der Waals surface area contributed by atoms with Crippen LogP contribution in [0.4, 0.5) is 0 Å². The zero-order valence-electron chi connectivity index (χ0n) is 7.38. The molecule has 0 bridgehead atoms. The molecule has 0 radical (unpaired) electrons. The summed E-state index contributed by atoms with van der Waals surface area (Å²) in [6.45, 7) is -0.619. The third-order valence-corrected chi connectivity index (χ3v) is 1.92. The molecule has 0 spiro atoms. The monoisotopic (exact) mass is 217 g/mol. The number of aliphatic hydroxyl groups excluding tert-OH is 1. The molecule has 1 atom stereocenters. The van der Waals surface area contributed by atoms with Crippen LogP contribution in [0.25, 0.3) is 0 Å². The van der Waals surface area contributed by atoms with Gasteiger partial charge in [0.25, 0.3) is 0 Å². The summed E-state index contributed by atoms with van der Waals surface area (Å²) < 4.78 is 0. The van der Waals surface area contributed by atoms with Gasteiger partial charge in [-0.25, -0.2) is 4.79 Å². The molecule has 0 fully saturated rings. The van der Waals surface area contributed by atoms with Crippen LogP contribution in [0.5, 0.6) is 0 Å². The molecular weight excluding hydrogens is 206 g/mol. The maximum atomic E-state index is 10.8. The lowest BCUT2D eigenvalue weighted by Crippen LogP contribution is -2.48. The minimum absolute atomic E-state index is 0. The first-order valence-corrected chi connectivity index (χ1v) is 3.80. The summed E-state index contributed by atoms with van der Waals surface area (Å²) in [4.78, 5) is 10.8. The molecular formula is C9H12ClNO3. The number of benzene rings is 1. The lowest BCUT2D eigenvalue weighted by molar-refractivity contribution is -0.145. The third-order valence-electron chi connectivity index (χ3n) is 1.92. The fourth-order valence-electron chi connectivity index (χ4n) is 1.02. The van der Waals surface area contributed by atoms with Crippen molar-refractivity contribution in [2.75, 3.05) is 6.61 Å². The van der Waals surface area contributed by atoms with Gasteiger partial charge < -0.3 is 15.9 Å². The summed E-state index contributed by atoms with van der Waals surface area (Å²) in [7, 11) is 0. The van der Waals surface area contributed by atoms with Crippen LogP contribution in [0.15, 0.2) is 30.3 Å². The molecule has 0 amide bonds. The van der Waals surface area contributed by atoms with Crippen molar-refractivity contribution in [1.82, 2.24) is 0 Å². The van der Waals surface area contributed by atoms with E-state index in [1.54, 1.807) is 30.3 Å². The molecule has 5 heteroatoms. The van der Waals surface area contributed by atoms with Gasteiger partial charge in [-0.1, -0.05) is 30.3 Å². The molecule has 14 heavy (non-hydrogen) atoms. The van der Waals surface area contributed by atoms with Crippen molar-refractivity contribution >= 4 is 18.4 Å². The van der Waals surface area contributed by atoms with Gasteiger partial charge in [-0.3, -0.25) is 0 Å². The Morgan fingerprint density at radius 2 is 1.86 bits per heavy atom. The van der Waals surface area contributed by atoms with E-state index >= 15 is 0 Å². The standard InChI is InChI=1S/C9H11NO3.ClH/c10-9(6-11,8(12)13)7-4-2-1-3-5-7;/h1-5,11H,6,10H2,(H,12,13);1H. The number of aliphatic hydroxyl groups is 1. The predicted molar refractivity (Wildman–Crippen MR) is 54.3 cm³/mol. The summed E-state index contributed by atoms with van der Waals surface area (Å²) in [5.41, 5.74) is 4.21. The number of carboxylic acid groups (broad SMARTS) is 1. The van der Waals surface area contributed by atoms with E-state index in [4.69, 9.17) is 15.9 Å². The van der Waals surface area contributed by atoms with E-state index in [-0.39, 0.29) is 12.4 Å². The number of hydrogen-bond donors (Lipinski definition) is 3. The van der Waals surface area contributed by atoms with E-state index in [1.165, 1.54) is 0 Å². The highest BCUT2D eigenvalue weighted by atomic mass is 35.5. The van der Waals surface area contributed by atoms with Gasteiger partial charge in [0, 0.05) is 0 Å². The Balaban J connectivity index is 0.00000169. The van der Waals surface area contributed by atoms with E-state index < -0.39 is 18.1 Å². The van der Waals surface area contributed by atoms with Gasteiger partial charge in [0.15, 0.2) is 5.54 Å². The number of carbonyl (C=O) groups is 1. The van der Waals surface area contributed by atoms with Crippen LogP contribution >= 0.6 is 12.4 Å². The Morgan fingerprint density at radius 1 is 1.36 bits per heavy atom. The van der Waals surface area contributed by atoms with Crippen LogP contribution in [0, 0.1) is 0 Å². The molecule has 0 aliphatic rings. The quantitative estimate of drug-likeness (QED) is 0.682. The Labute approximate surface area is 87.8 Å². The molecule has 1 rings (SSSR count). The zero-order chi connectivity index (χ0) is 9.90. The van der Waals surface area contributed by atoms with Crippen molar-refractivity contribution in [3.05, 3.63) is 35.9 Å². The summed E-state index contributed by atoms with van der Waals surface area (Å²) in [5, 5.41) is 17.7. The second-order valence-corrected chi connectivity index (χ2v) is 2.80. The molecule has 0 aliphatic carbocycles. The molecule has 1 aromatic rings. The zero-order valence-corrected chi connectivity index (χ0v) is 8.20. The highest BCUT2D eigenvalue weighted by Crippen LogP contribution is 2.17. The van der Waals surface area contributed by atoms with E-state index in [0.29, 0.717) is 5.56 Å². The van der Waals surface area contributed by atoms with Crippen LogP contribution in [-0.4, -0.2) is 22.8 Å². The minimum Gasteiger partial charge on any atom is -0.480 e. The van der Waals surface area contributed by atoms with Gasteiger partial charge in [0.05, 0.1) is 6.61 Å². The summed E-state index contributed by atoms with van der Waals surface area (Å²) in [5.74, 6) is -1.23. The van der Waals surface area contributed by atoms with Gasteiger partial charge in [-0.05, 0) is 5.56 Å². The molecule has 4 N–H and O–H groups in total. The van der Waals surface area contributed by atoms with E-state index in [0.717, 1.165) is 0 Å². The molecule has 0 aliphatic heterocycles. The number of rotatable bonds is 3. The second kappa shape index (κ2) is 4.95. The first-order chi connectivity index (χ1) is 6.11. The molecule has 0 aromatic heterocycles. The molecule has 78 valence electrons. The van der Waals surface area contributed by atoms with Crippen molar-refractivity contribution in [3.8, 4) is 0 Å². The third kappa shape index (κ3) is 2.23. The molecule has 1 aromatic carbocycles. The van der Waals surface area contributed by atoms with E-state index in [9.17, 15) is 4.79 Å². The maximum absolute atomic E-state index is 10.8. The largest absolute Gasteiger partial charge is 0.480 e. The van der Waals surface area contributed by atoms with Crippen molar-refractivity contribution in [3.63, 3.8) is 0 Å². The average molecular weight is 218 g/mol. The molecule has 1 unspecified atom stereocenters. The molecule has 0 saturated carbocycles. The van der Waals surface area contributed by atoms with Crippen LogP contribution in [0.2, 0.25) is 0 Å². The van der Waals surface area contributed by atoms with Gasteiger partial charge in [0.1, 0.15) is 0 Å². The van der Waals surface area contributed by atoms with Gasteiger partial charge in [0.2, 0.25) is 0 Å². The van der Waals surface area contributed by atoms with E-state index in [2.05, 4.69) is 0 Å². The first-order valence-electron chi connectivity index (χ1n) is 3.80. The summed E-state index contributed by atoms with van der Waals surface area (Å²) >= 11 is 0. The summed E-state index contributed by atoms with van der Waals surface area (Å²) in [6.07, 6.45) is 0. The van der Waals surface area contributed by atoms with Crippen LogP contribution in [0.3, 0.4) is 0 Å². The first kappa shape index (κ1) is 12.9. The normalized spacial score (nSPS) is 13.9. The van der Waals surface area contributed by atoms with Crippen LogP contribution < -0.4 is 5.73 Å². The van der Waals surface area contributed by atoms with Gasteiger partial charge in [-0.2, -0.15) is 0 Å². The number of halogens is 1. The smallest absolute Gasteiger partial charge is 0.330 e. The van der Waals surface area contributed by atoms with E-state index in [1.807, 2.05) is 0 Å².